The molecule has 0 aliphatic carbocycles. The first-order valence-electron chi connectivity index (χ1n) is 6.05. The lowest BCUT2D eigenvalue weighted by Crippen LogP contribution is -2.37. The van der Waals surface area contributed by atoms with Gasteiger partial charge in [-0.2, -0.15) is 0 Å². The van der Waals surface area contributed by atoms with Crippen LogP contribution in [0.3, 0.4) is 0 Å². The van der Waals surface area contributed by atoms with Crippen molar-refractivity contribution in [2.24, 2.45) is 0 Å². The van der Waals surface area contributed by atoms with Gasteiger partial charge in [0, 0.05) is 12.6 Å². The van der Waals surface area contributed by atoms with Gasteiger partial charge in [-0.3, -0.25) is 0 Å². The van der Waals surface area contributed by atoms with E-state index in [1.54, 1.807) is 0 Å². The van der Waals surface area contributed by atoms with Crippen molar-refractivity contribution in [2.45, 2.75) is 65.0 Å². The van der Waals surface area contributed by atoms with Gasteiger partial charge in [0.15, 0.2) is 0 Å². The summed E-state index contributed by atoms with van der Waals surface area (Å²) in [5, 5.41) is 3.28. The second kappa shape index (κ2) is 9.47. The lowest BCUT2D eigenvalue weighted by atomic mass is 10.1. The number of ether oxygens (including phenoxy) is 1. The highest BCUT2D eigenvalue weighted by Gasteiger charge is 2.12. The van der Waals surface area contributed by atoms with Crippen molar-refractivity contribution in [3.05, 3.63) is 0 Å². The molecule has 2 heteroatoms. The van der Waals surface area contributed by atoms with Gasteiger partial charge in [0.25, 0.3) is 0 Å². The Kier molecular flexibility index (Phi) is 9.42. The number of unbranched alkanes of at least 4 members (excludes halogenated alkanes) is 3. The first kappa shape index (κ1) is 13.9. The molecule has 0 aromatic heterocycles. The van der Waals surface area contributed by atoms with E-state index in [-0.39, 0.29) is 0 Å². The highest BCUT2D eigenvalue weighted by molar-refractivity contribution is 4.69. The molecular formula is C12H27NO. The Morgan fingerprint density at radius 1 is 1.14 bits per heavy atom. The summed E-state index contributed by atoms with van der Waals surface area (Å²) in [5.74, 6) is 0. The average Bonchev–Trinajstić information content (AvgIpc) is 2.19. The van der Waals surface area contributed by atoms with E-state index in [9.17, 15) is 0 Å². The molecule has 0 saturated heterocycles. The van der Waals surface area contributed by atoms with Crippen LogP contribution >= 0.6 is 0 Å². The van der Waals surface area contributed by atoms with Crippen molar-refractivity contribution in [2.75, 3.05) is 13.7 Å². The predicted molar refractivity (Wildman–Crippen MR) is 62.7 cm³/mol. The normalized spacial score (nSPS) is 15.4. The van der Waals surface area contributed by atoms with E-state index in [0.29, 0.717) is 12.1 Å². The monoisotopic (exact) mass is 201 g/mol. The van der Waals surface area contributed by atoms with Gasteiger partial charge in [0.05, 0.1) is 6.10 Å². The van der Waals surface area contributed by atoms with Crippen LogP contribution in [0.4, 0.5) is 0 Å². The maximum atomic E-state index is 5.77. The Morgan fingerprint density at radius 2 is 1.86 bits per heavy atom. The largest absolute Gasteiger partial charge is 0.377 e. The first-order chi connectivity index (χ1) is 6.76. The SMILES string of the molecule is CCCCCCOC(C)C(CC)NC. The highest BCUT2D eigenvalue weighted by atomic mass is 16.5. The lowest BCUT2D eigenvalue weighted by molar-refractivity contribution is 0.0375. The van der Waals surface area contributed by atoms with Gasteiger partial charge in [0.2, 0.25) is 0 Å². The van der Waals surface area contributed by atoms with E-state index in [1.807, 2.05) is 7.05 Å². The van der Waals surface area contributed by atoms with Crippen LogP contribution < -0.4 is 5.32 Å². The summed E-state index contributed by atoms with van der Waals surface area (Å²) >= 11 is 0. The molecule has 14 heavy (non-hydrogen) atoms. The third-order valence-electron chi connectivity index (χ3n) is 2.76. The summed E-state index contributed by atoms with van der Waals surface area (Å²) in [5.41, 5.74) is 0. The molecule has 2 atom stereocenters. The van der Waals surface area contributed by atoms with Crippen LogP contribution in [-0.2, 0) is 4.74 Å². The van der Waals surface area contributed by atoms with Crippen LogP contribution in [0.5, 0.6) is 0 Å². The summed E-state index contributed by atoms with van der Waals surface area (Å²) in [6.07, 6.45) is 6.61. The van der Waals surface area contributed by atoms with Gasteiger partial charge >= 0.3 is 0 Å². The number of hydrogen-bond acceptors (Lipinski definition) is 2. The molecule has 0 rings (SSSR count). The molecule has 0 saturated carbocycles. The van der Waals surface area contributed by atoms with E-state index in [4.69, 9.17) is 4.74 Å². The minimum atomic E-state index is 0.339. The molecular weight excluding hydrogens is 174 g/mol. The van der Waals surface area contributed by atoms with Crippen LogP contribution in [0.25, 0.3) is 0 Å². The molecule has 0 radical (unpaired) electrons. The van der Waals surface area contributed by atoms with Crippen molar-refractivity contribution in [1.82, 2.24) is 5.32 Å². The number of rotatable bonds is 9. The maximum Gasteiger partial charge on any atom is 0.0699 e. The van der Waals surface area contributed by atoms with E-state index in [0.717, 1.165) is 13.0 Å². The molecule has 0 aliphatic rings. The van der Waals surface area contributed by atoms with Gasteiger partial charge in [-0.25, -0.2) is 0 Å². The zero-order valence-corrected chi connectivity index (χ0v) is 10.3. The van der Waals surface area contributed by atoms with E-state index in [2.05, 4.69) is 26.1 Å². The fraction of sp³-hybridized carbons (Fsp3) is 1.00. The number of likely N-dealkylation sites (N-methyl/N-ethyl adjacent to an activating group) is 1. The molecule has 0 fully saturated rings. The van der Waals surface area contributed by atoms with Crippen LogP contribution in [0.1, 0.15) is 52.9 Å². The fourth-order valence-corrected chi connectivity index (χ4v) is 1.68. The Hall–Kier alpha value is -0.0800. The minimum absolute atomic E-state index is 0.339. The van der Waals surface area contributed by atoms with Gasteiger partial charge in [-0.1, -0.05) is 33.1 Å². The summed E-state index contributed by atoms with van der Waals surface area (Å²) in [6.45, 7) is 7.50. The standard InChI is InChI=1S/C12H27NO/c1-5-7-8-9-10-14-11(3)12(6-2)13-4/h11-13H,5-10H2,1-4H3. The number of hydrogen-bond donors (Lipinski definition) is 1. The lowest BCUT2D eigenvalue weighted by Gasteiger charge is -2.22. The van der Waals surface area contributed by atoms with Crippen molar-refractivity contribution < 1.29 is 4.74 Å². The van der Waals surface area contributed by atoms with Crippen LogP contribution in [0.15, 0.2) is 0 Å². The Labute approximate surface area is 89.4 Å². The minimum Gasteiger partial charge on any atom is -0.377 e. The first-order valence-corrected chi connectivity index (χ1v) is 6.05. The quantitative estimate of drug-likeness (QED) is 0.579. The van der Waals surface area contributed by atoms with Crippen LogP contribution in [-0.4, -0.2) is 25.8 Å². The maximum absolute atomic E-state index is 5.77. The molecule has 1 N–H and O–H groups in total. The second-order valence-corrected chi connectivity index (χ2v) is 3.94. The zero-order chi connectivity index (χ0) is 10.8. The summed E-state index contributed by atoms with van der Waals surface area (Å²) < 4.78 is 5.77. The van der Waals surface area contributed by atoms with E-state index >= 15 is 0 Å². The van der Waals surface area contributed by atoms with Gasteiger partial charge in [-0.05, 0) is 26.8 Å². The molecule has 2 nitrogen and oxygen atoms in total. The average molecular weight is 201 g/mol. The highest BCUT2D eigenvalue weighted by Crippen LogP contribution is 2.05. The molecule has 2 unspecified atom stereocenters. The molecule has 0 heterocycles. The van der Waals surface area contributed by atoms with E-state index < -0.39 is 0 Å². The molecule has 0 aromatic carbocycles. The summed E-state index contributed by atoms with van der Waals surface area (Å²) in [6, 6.07) is 0.501. The Balaban J connectivity index is 3.37. The fourth-order valence-electron chi connectivity index (χ4n) is 1.68. The zero-order valence-electron chi connectivity index (χ0n) is 10.3. The third kappa shape index (κ3) is 6.39. The Morgan fingerprint density at radius 3 is 2.36 bits per heavy atom. The molecule has 0 spiro atoms. The van der Waals surface area contributed by atoms with Crippen LogP contribution in [0.2, 0.25) is 0 Å². The molecule has 0 bridgehead atoms. The van der Waals surface area contributed by atoms with Gasteiger partial charge in [0.1, 0.15) is 0 Å². The van der Waals surface area contributed by atoms with Gasteiger partial charge < -0.3 is 10.1 Å². The number of nitrogens with one attached hydrogen (secondary N) is 1. The van der Waals surface area contributed by atoms with Crippen molar-refractivity contribution >= 4 is 0 Å². The summed E-state index contributed by atoms with van der Waals surface area (Å²) in [7, 11) is 2.01. The molecule has 0 aromatic rings. The second-order valence-electron chi connectivity index (χ2n) is 3.94. The van der Waals surface area contributed by atoms with Crippen molar-refractivity contribution in [3.8, 4) is 0 Å². The smallest absolute Gasteiger partial charge is 0.0699 e. The molecule has 0 amide bonds. The predicted octanol–water partition coefficient (Wildman–Crippen LogP) is 2.97. The Bertz CT molecular complexity index is 113. The van der Waals surface area contributed by atoms with Crippen LogP contribution in [0, 0.1) is 0 Å². The molecule has 86 valence electrons. The summed E-state index contributed by atoms with van der Waals surface area (Å²) in [4.78, 5) is 0. The van der Waals surface area contributed by atoms with Crippen molar-refractivity contribution in [3.63, 3.8) is 0 Å². The van der Waals surface area contributed by atoms with E-state index in [1.165, 1.54) is 25.7 Å². The van der Waals surface area contributed by atoms with Gasteiger partial charge in [-0.15, -0.1) is 0 Å². The molecule has 0 aliphatic heterocycles. The third-order valence-corrected chi connectivity index (χ3v) is 2.76. The van der Waals surface area contributed by atoms with Crippen molar-refractivity contribution in [1.29, 1.82) is 0 Å². The topological polar surface area (TPSA) is 21.3 Å².